The fraction of sp³-hybridized carbons (Fsp3) is 0.316. The molecule has 1 unspecified atom stereocenters. The zero-order chi connectivity index (χ0) is 15.0. The lowest BCUT2D eigenvalue weighted by molar-refractivity contribution is -0.509. The van der Waals surface area contributed by atoms with Crippen molar-refractivity contribution in [3.05, 3.63) is 59.7 Å². The Hall–Kier alpha value is -2.09. The van der Waals surface area contributed by atoms with Crippen LogP contribution in [-0.2, 0) is 6.42 Å². The van der Waals surface area contributed by atoms with E-state index in [1.807, 2.05) is 12.1 Å². The van der Waals surface area contributed by atoms with Crippen LogP contribution in [0.3, 0.4) is 0 Å². The van der Waals surface area contributed by atoms with Crippen LogP contribution in [0, 0.1) is 0 Å². The molecular formula is C19H22NO+. The van der Waals surface area contributed by atoms with Gasteiger partial charge in [-0.1, -0.05) is 30.3 Å². The third-order valence-corrected chi connectivity index (χ3v) is 4.75. The number of fused-ring (bicyclic) bond motifs is 1. The van der Waals surface area contributed by atoms with E-state index in [-0.39, 0.29) is 5.54 Å². The maximum atomic E-state index is 5.24. The Kier molecular flexibility index (Phi) is 3.32. The van der Waals surface area contributed by atoms with Crippen LogP contribution in [0.5, 0.6) is 5.75 Å². The van der Waals surface area contributed by atoms with Crippen molar-refractivity contribution in [1.82, 2.24) is 0 Å². The van der Waals surface area contributed by atoms with Gasteiger partial charge in [0.25, 0.3) is 0 Å². The van der Waals surface area contributed by atoms with Crippen LogP contribution >= 0.6 is 0 Å². The highest BCUT2D eigenvalue weighted by Gasteiger charge is 2.48. The van der Waals surface area contributed by atoms with Crippen LogP contribution in [0.4, 0.5) is 5.69 Å². The van der Waals surface area contributed by atoms with Crippen LogP contribution in [0.2, 0.25) is 0 Å². The van der Waals surface area contributed by atoms with E-state index in [1.54, 1.807) is 7.11 Å². The van der Waals surface area contributed by atoms with Gasteiger partial charge in [0.1, 0.15) is 12.5 Å². The van der Waals surface area contributed by atoms with Crippen molar-refractivity contribution < 1.29 is 9.31 Å². The normalized spacial score (nSPS) is 19.4. The Morgan fingerprint density at radius 1 is 1.10 bits per heavy atom. The lowest BCUT2D eigenvalue weighted by Gasteiger charge is -2.22. The van der Waals surface area contributed by atoms with E-state index < -0.39 is 0 Å². The van der Waals surface area contributed by atoms with Gasteiger partial charge in [0.05, 0.1) is 13.0 Å². The van der Waals surface area contributed by atoms with E-state index in [9.17, 15) is 0 Å². The summed E-state index contributed by atoms with van der Waals surface area (Å²) in [6, 6.07) is 17.0. The topological polar surface area (TPSA) is 12.2 Å². The molecule has 3 rings (SSSR count). The summed E-state index contributed by atoms with van der Waals surface area (Å²) >= 11 is 0. The molecule has 0 aliphatic carbocycles. The molecule has 2 aromatic rings. The summed E-state index contributed by atoms with van der Waals surface area (Å²) in [6.45, 7) is 8.81. The summed E-state index contributed by atoms with van der Waals surface area (Å²) in [5.41, 5.74) is 4.00. The van der Waals surface area contributed by atoms with Gasteiger partial charge in [0.15, 0.2) is 5.54 Å². The summed E-state index contributed by atoms with van der Waals surface area (Å²) in [6.07, 6.45) is 1.01. The van der Waals surface area contributed by atoms with E-state index in [0.29, 0.717) is 5.92 Å². The van der Waals surface area contributed by atoms with E-state index in [0.717, 1.165) is 12.2 Å². The van der Waals surface area contributed by atoms with E-state index >= 15 is 0 Å². The molecule has 0 fully saturated rings. The monoisotopic (exact) mass is 280 g/mol. The molecule has 0 N–H and O–H groups in total. The summed E-state index contributed by atoms with van der Waals surface area (Å²) in [7, 11) is 1.70. The average Bonchev–Trinajstić information content (AvgIpc) is 2.70. The van der Waals surface area contributed by atoms with Gasteiger partial charge in [-0.2, -0.15) is 4.58 Å². The Bertz CT molecular complexity index is 670. The van der Waals surface area contributed by atoms with Crippen molar-refractivity contribution in [3.8, 4) is 5.75 Å². The number of hydrogen-bond acceptors (Lipinski definition) is 1. The number of ether oxygens (including phenoxy) is 1. The van der Waals surface area contributed by atoms with Crippen LogP contribution in [-0.4, -0.2) is 23.9 Å². The maximum absolute atomic E-state index is 5.24. The predicted molar refractivity (Wildman–Crippen MR) is 87.0 cm³/mol. The van der Waals surface area contributed by atoms with Crippen molar-refractivity contribution in [2.45, 2.75) is 31.7 Å². The summed E-state index contributed by atoms with van der Waals surface area (Å²) in [5, 5.41) is 0. The first-order chi connectivity index (χ1) is 10.0. The third kappa shape index (κ3) is 2.25. The zero-order valence-corrected chi connectivity index (χ0v) is 13.0. The smallest absolute Gasteiger partial charge is 0.208 e. The van der Waals surface area contributed by atoms with Crippen LogP contribution < -0.4 is 4.74 Å². The maximum Gasteiger partial charge on any atom is 0.208 e. The lowest BCUT2D eigenvalue weighted by Crippen LogP contribution is -2.34. The fourth-order valence-corrected chi connectivity index (χ4v) is 3.26. The van der Waals surface area contributed by atoms with Crippen molar-refractivity contribution >= 4 is 12.4 Å². The molecule has 0 aromatic heterocycles. The summed E-state index contributed by atoms with van der Waals surface area (Å²) in [4.78, 5) is 0. The molecule has 0 saturated heterocycles. The first kappa shape index (κ1) is 13.9. The standard InChI is InChI=1S/C19H22NO/c1-19(2)17(13-14-9-11-15(21-4)12-10-14)16-7-5-6-8-18(16)20(19)3/h5-12,17H,3,13H2,1-2,4H3/q+1. The van der Waals surface area contributed by atoms with Crippen molar-refractivity contribution in [2.24, 2.45) is 0 Å². The second kappa shape index (κ2) is 5.03. The van der Waals surface area contributed by atoms with Gasteiger partial charge in [-0.25, -0.2) is 0 Å². The Labute approximate surface area is 126 Å². The van der Waals surface area contributed by atoms with E-state index in [1.165, 1.54) is 16.8 Å². The molecule has 108 valence electrons. The number of para-hydroxylation sites is 1. The van der Waals surface area contributed by atoms with Gasteiger partial charge in [-0.15, -0.1) is 0 Å². The molecule has 1 aliphatic heterocycles. The Morgan fingerprint density at radius 2 is 1.76 bits per heavy atom. The predicted octanol–water partition coefficient (Wildman–Crippen LogP) is 4.16. The molecule has 2 aromatic carbocycles. The highest BCUT2D eigenvalue weighted by atomic mass is 16.5. The van der Waals surface area contributed by atoms with Gasteiger partial charge in [-0.05, 0) is 24.1 Å². The van der Waals surface area contributed by atoms with E-state index in [4.69, 9.17) is 4.74 Å². The second-order valence-electron chi connectivity index (χ2n) is 6.25. The van der Waals surface area contributed by atoms with Crippen molar-refractivity contribution in [1.29, 1.82) is 0 Å². The number of methoxy groups -OCH3 is 1. The average molecular weight is 280 g/mol. The molecule has 0 amide bonds. The quantitative estimate of drug-likeness (QED) is 0.769. The SMILES string of the molecule is C=[N+]1c2ccccc2C(Cc2ccc(OC)cc2)C1(C)C. The third-order valence-electron chi connectivity index (χ3n) is 4.75. The fourth-order valence-electron chi connectivity index (χ4n) is 3.26. The molecule has 1 aliphatic rings. The molecule has 2 heteroatoms. The molecule has 0 spiro atoms. The number of rotatable bonds is 3. The first-order valence-corrected chi connectivity index (χ1v) is 7.36. The minimum atomic E-state index is 0.0175. The van der Waals surface area contributed by atoms with Gasteiger partial charge in [0.2, 0.25) is 5.69 Å². The molecule has 0 radical (unpaired) electrons. The number of hydrogen-bond donors (Lipinski definition) is 0. The van der Waals surface area contributed by atoms with Crippen LogP contribution in [0.15, 0.2) is 48.5 Å². The number of benzene rings is 2. The van der Waals surface area contributed by atoms with Crippen LogP contribution in [0.25, 0.3) is 0 Å². The van der Waals surface area contributed by atoms with Crippen molar-refractivity contribution in [2.75, 3.05) is 7.11 Å². The van der Waals surface area contributed by atoms with E-state index in [2.05, 4.69) is 61.5 Å². The molecule has 1 atom stereocenters. The highest BCUT2D eigenvalue weighted by molar-refractivity contribution is 5.50. The second-order valence-corrected chi connectivity index (χ2v) is 6.25. The highest BCUT2D eigenvalue weighted by Crippen LogP contribution is 2.47. The Balaban J connectivity index is 1.95. The van der Waals surface area contributed by atoms with Crippen molar-refractivity contribution in [3.63, 3.8) is 0 Å². The molecule has 0 saturated carbocycles. The molecule has 1 heterocycles. The lowest BCUT2D eigenvalue weighted by atomic mass is 9.81. The van der Waals surface area contributed by atoms with Crippen LogP contribution in [0.1, 0.15) is 30.9 Å². The molecule has 0 bridgehead atoms. The minimum Gasteiger partial charge on any atom is -0.497 e. The van der Waals surface area contributed by atoms with Gasteiger partial charge in [0, 0.05) is 25.5 Å². The molecule has 2 nitrogen and oxygen atoms in total. The van der Waals surface area contributed by atoms with Gasteiger partial charge >= 0.3 is 0 Å². The Morgan fingerprint density at radius 3 is 2.43 bits per heavy atom. The molecular weight excluding hydrogens is 258 g/mol. The number of nitrogens with zero attached hydrogens (tertiary/aromatic N) is 1. The minimum absolute atomic E-state index is 0.0175. The zero-order valence-electron chi connectivity index (χ0n) is 13.0. The summed E-state index contributed by atoms with van der Waals surface area (Å²) in [5.74, 6) is 1.35. The van der Waals surface area contributed by atoms with Gasteiger partial charge < -0.3 is 4.74 Å². The molecule has 21 heavy (non-hydrogen) atoms. The largest absolute Gasteiger partial charge is 0.497 e. The van der Waals surface area contributed by atoms with Gasteiger partial charge in [-0.3, -0.25) is 0 Å². The summed E-state index contributed by atoms with van der Waals surface area (Å²) < 4.78 is 7.40. The first-order valence-electron chi connectivity index (χ1n) is 7.36.